The van der Waals surface area contributed by atoms with E-state index in [4.69, 9.17) is 0 Å². The van der Waals surface area contributed by atoms with Gasteiger partial charge in [-0.1, -0.05) is 12.1 Å². The van der Waals surface area contributed by atoms with Gasteiger partial charge in [-0.2, -0.15) is 13.2 Å². The number of alkyl halides is 3. The zero-order valence-electron chi connectivity index (χ0n) is 9.42. The third-order valence-electron chi connectivity index (χ3n) is 3.22. The third-order valence-corrected chi connectivity index (χ3v) is 4.38. The molecule has 1 heterocycles. The van der Waals surface area contributed by atoms with Crippen LogP contribution in [0.25, 0.3) is 10.1 Å². The average molecular weight is 272 g/mol. The summed E-state index contributed by atoms with van der Waals surface area (Å²) in [5.41, 5.74) is 0.283. The number of benzene rings is 1. The molecule has 0 spiro atoms. The van der Waals surface area contributed by atoms with E-state index in [-0.39, 0.29) is 0 Å². The minimum atomic E-state index is -4.28. The van der Waals surface area contributed by atoms with Gasteiger partial charge in [-0.25, -0.2) is 0 Å². The Morgan fingerprint density at radius 3 is 2.56 bits per heavy atom. The van der Waals surface area contributed by atoms with Crippen LogP contribution in [0.4, 0.5) is 13.2 Å². The summed E-state index contributed by atoms with van der Waals surface area (Å²) < 4.78 is 38.4. The van der Waals surface area contributed by atoms with Crippen LogP contribution in [0, 0.1) is 0 Å². The predicted molar refractivity (Wildman–Crippen MR) is 64.7 cm³/mol. The molecule has 2 aromatic rings. The number of rotatable bonds is 2. The zero-order chi connectivity index (χ0) is 13.0. The largest absolute Gasteiger partial charge is 0.425 e. The van der Waals surface area contributed by atoms with Gasteiger partial charge in [0.1, 0.15) is 4.88 Å². The SMILES string of the molecule is OC1(Cc2ccc3sc(C(F)(F)F)cc3c2)CC1. The molecule has 96 valence electrons. The highest BCUT2D eigenvalue weighted by Crippen LogP contribution is 2.41. The molecule has 1 aliphatic carbocycles. The lowest BCUT2D eigenvalue weighted by atomic mass is 10.1. The molecule has 0 bridgehead atoms. The number of halogens is 3. The van der Waals surface area contributed by atoms with Crippen molar-refractivity contribution in [2.75, 3.05) is 0 Å². The Labute approximate surface area is 106 Å². The van der Waals surface area contributed by atoms with Crippen LogP contribution in [0.15, 0.2) is 24.3 Å². The summed E-state index contributed by atoms with van der Waals surface area (Å²) in [7, 11) is 0. The Morgan fingerprint density at radius 1 is 1.22 bits per heavy atom. The molecule has 1 aliphatic rings. The van der Waals surface area contributed by atoms with Gasteiger partial charge in [0.2, 0.25) is 0 Å². The minimum absolute atomic E-state index is 0.528. The summed E-state index contributed by atoms with van der Waals surface area (Å²) >= 11 is 0.759. The Kier molecular flexibility index (Phi) is 2.47. The second-order valence-electron chi connectivity index (χ2n) is 4.88. The fraction of sp³-hybridized carbons (Fsp3) is 0.385. The lowest BCUT2D eigenvalue weighted by molar-refractivity contribution is -0.134. The topological polar surface area (TPSA) is 20.2 Å². The molecule has 1 aromatic heterocycles. The third kappa shape index (κ3) is 2.24. The molecule has 18 heavy (non-hydrogen) atoms. The molecule has 1 nitrogen and oxygen atoms in total. The highest BCUT2D eigenvalue weighted by Gasteiger charge is 2.40. The molecule has 0 atom stereocenters. The molecule has 0 unspecified atom stereocenters. The van der Waals surface area contributed by atoms with Crippen molar-refractivity contribution in [1.82, 2.24) is 0 Å². The molecule has 1 saturated carbocycles. The second kappa shape index (κ2) is 3.71. The molecular weight excluding hydrogens is 261 g/mol. The molecule has 0 amide bonds. The summed E-state index contributed by atoms with van der Waals surface area (Å²) in [5.74, 6) is 0. The van der Waals surface area contributed by atoms with Gasteiger partial charge in [0.15, 0.2) is 0 Å². The first-order valence-electron chi connectivity index (χ1n) is 5.68. The van der Waals surface area contributed by atoms with Gasteiger partial charge in [0, 0.05) is 11.1 Å². The summed E-state index contributed by atoms with van der Waals surface area (Å²) in [4.78, 5) is -0.570. The van der Waals surface area contributed by atoms with Crippen LogP contribution in [-0.2, 0) is 12.6 Å². The average Bonchev–Trinajstić information content (AvgIpc) is 2.83. The molecule has 1 aromatic carbocycles. The molecule has 1 fully saturated rings. The molecule has 5 heteroatoms. The predicted octanol–water partition coefficient (Wildman–Crippen LogP) is 3.99. The standard InChI is InChI=1S/C13H11F3OS/c14-13(15,16)11-6-9-5-8(1-2-10(9)18-11)7-12(17)3-4-12/h1-2,5-6,17H,3-4,7H2. The molecule has 0 saturated heterocycles. The highest BCUT2D eigenvalue weighted by molar-refractivity contribution is 7.19. The summed E-state index contributed by atoms with van der Waals surface area (Å²) in [6.07, 6.45) is -2.19. The van der Waals surface area contributed by atoms with Crippen molar-refractivity contribution >= 4 is 21.4 Å². The van der Waals surface area contributed by atoms with Crippen molar-refractivity contribution in [3.63, 3.8) is 0 Å². The number of hydrogen-bond donors (Lipinski definition) is 1. The van der Waals surface area contributed by atoms with E-state index in [1.807, 2.05) is 0 Å². The van der Waals surface area contributed by atoms with Crippen LogP contribution in [0.3, 0.4) is 0 Å². The Balaban J connectivity index is 1.96. The highest BCUT2D eigenvalue weighted by atomic mass is 32.1. The van der Waals surface area contributed by atoms with Crippen LogP contribution >= 0.6 is 11.3 Å². The number of fused-ring (bicyclic) bond motifs is 1. The van der Waals surface area contributed by atoms with Crippen molar-refractivity contribution < 1.29 is 18.3 Å². The smallest absolute Gasteiger partial charge is 0.390 e. The van der Waals surface area contributed by atoms with E-state index >= 15 is 0 Å². The van der Waals surface area contributed by atoms with Crippen molar-refractivity contribution in [1.29, 1.82) is 0 Å². The van der Waals surface area contributed by atoms with E-state index in [0.29, 0.717) is 16.5 Å². The lowest BCUT2D eigenvalue weighted by Crippen LogP contribution is -2.10. The molecule has 0 radical (unpaired) electrons. The van der Waals surface area contributed by atoms with Gasteiger partial charge in [-0.3, -0.25) is 0 Å². The van der Waals surface area contributed by atoms with Crippen LogP contribution in [0.5, 0.6) is 0 Å². The van der Waals surface area contributed by atoms with E-state index in [9.17, 15) is 18.3 Å². The molecule has 1 N–H and O–H groups in total. The monoisotopic (exact) mass is 272 g/mol. The number of thiophene rings is 1. The van der Waals surface area contributed by atoms with Crippen LogP contribution in [-0.4, -0.2) is 10.7 Å². The Bertz CT molecular complexity index is 596. The van der Waals surface area contributed by atoms with Gasteiger partial charge in [0.25, 0.3) is 0 Å². The van der Waals surface area contributed by atoms with Crippen molar-refractivity contribution in [3.8, 4) is 0 Å². The maximum Gasteiger partial charge on any atom is 0.425 e. The van der Waals surface area contributed by atoms with E-state index < -0.39 is 16.7 Å². The maximum atomic E-state index is 12.6. The Hall–Kier alpha value is -1.07. The van der Waals surface area contributed by atoms with Gasteiger partial charge in [-0.15, -0.1) is 11.3 Å². The molecular formula is C13H11F3OS. The summed E-state index contributed by atoms with van der Waals surface area (Å²) in [5, 5.41) is 10.4. The van der Waals surface area contributed by atoms with Crippen molar-refractivity contribution in [2.24, 2.45) is 0 Å². The fourth-order valence-corrected chi connectivity index (χ4v) is 2.95. The van der Waals surface area contributed by atoms with E-state index in [0.717, 1.165) is 29.7 Å². The first-order valence-corrected chi connectivity index (χ1v) is 6.49. The van der Waals surface area contributed by atoms with Crippen LogP contribution in [0.2, 0.25) is 0 Å². The van der Waals surface area contributed by atoms with E-state index in [2.05, 4.69) is 0 Å². The Morgan fingerprint density at radius 2 is 1.94 bits per heavy atom. The normalized spacial score (nSPS) is 18.2. The minimum Gasteiger partial charge on any atom is -0.390 e. The van der Waals surface area contributed by atoms with Gasteiger partial charge in [0.05, 0.1) is 5.60 Å². The molecule has 3 rings (SSSR count). The molecule has 0 aliphatic heterocycles. The summed E-state index contributed by atoms with van der Waals surface area (Å²) in [6.45, 7) is 0. The quantitative estimate of drug-likeness (QED) is 0.876. The second-order valence-corrected chi connectivity index (χ2v) is 5.97. The fourth-order valence-electron chi connectivity index (χ4n) is 2.04. The van der Waals surface area contributed by atoms with Crippen LogP contribution < -0.4 is 0 Å². The van der Waals surface area contributed by atoms with Gasteiger partial charge < -0.3 is 5.11 Å². The van der Waals surface area contributed by atoms with Crippen molar-refractivity contribution in [2.45, 2.75) is 31.0 Å². The van der Waals surface area contributed by atoms with Crippen molar-refractivity contribution in [3.05, 3.63) is 34.7 Å². The van der Waals surface area contributed by atoms with E-state index in [1.54, 1.807) is 18.2 Å². The number of aliphatic hydroxyl groups is 1. The van der Waals surface area contributed by atoms with Gasteiger partial charge >= 0.3 is 6.18 Å². The van der Waals surface area contributed by atoms with E-state index in [1.165, 1.54) is 6.07 Å². The number of hydrogen-bond acceptors (Lipinski definition) is 2. The van der Waals surface area contributed by atoms with Gasteiger partial charge in [-0.05, 0) is 35.9 Å². The maximum absolute atomic E-state index is 12.6. The van der Waals surface area contributed by atoms with Crippen LogP contribution in [0.1, 0.15) is 23.3 Å². The zero-order valence-corrected chi connectivity index (χ0v) is 10.2. The lowest BCUT2D eigenvalue weighted by Gasteiger charge is -2.06. The first-order chi connectivity index (χ1) is 8.36. The first kappa shape index (κ1) is 12.0. The summed E-state index contributed by atoms with van der Waals surface area (Å²) in [6, 6.07) is 6.43.